The second kappa shape index (κ2) is 36.7. The van der Waals surface area contributed by atoms with E-state index in [1.165, 1.54) is 0 Å². The van der Waals surface area contributed by atoms with Crippen LogP contribution in [0, 0.1) is 0 Å². The predicted octanol–water partition coefficient (Wildman–Crippen LogP) is -3.10. The molecular formula is C18H31CoO10. The molecule has 0 spiro atoms. The van der Waals surface area contributed by atoms with Crippen LogP contribution in [0.3, 0.4) is 0 Å². The van der Waals surface area contributed by atoms with Gasteiger partial charge in [-0.05, 0) is 32.6 Å². The maximum absolute atomic E-state index is 9.49. The third-order valence-electron chi connectivity index (χ3n) is 1.82. The van der Waals surface area contributed by atoms with Gasteiger partial charge in [0.2, 0.25) is 0 Å². The summed E-state index contributed by atoms with van der Waals surface area (Å²) in [6.45, 7) is 8.18. The van der Waals surface area contributed by atoms with E-state index in [4.69, 9.17) is 9.90 Å². The molecule has 0 aromatic heterocycles. The van der Waals surface area contributed by atoms with Gasteiger partial charge in [-0.25, -0.2) is 0 Å². The van der Waals surface area contributed by atoms with Crippen LogP contribution in [0.4, 0.5) is 0 Å². The molecule has 0 N–H and O–H groups in total. The van der Waals surface area contributed by atoms with E-state index < -0.39 is 29.8 Å². The molecule has 0 saturated carbocycles. The Balaban J connectivity index is -0.0000000569. The van der Waals surface area contributed by atoms with E-state index >= 15 is 0 Å². The van der Waals surface area contributed by atoms with Crippen molar-refractivity contribution in [1.29, 1.82) is 0 Å². The zero-order chi connectivity index (χ0) is 23.5. The standard InChI is InChI=1S/4C4H8O2.C2H4O2.Co/c4*1-2-3-4(5)6;1-2(3)4;/h4*2-3H2,1H3,(H,5,6);1H3,(H,3,4);/q;;;;;+5/p-5. The van der Waals surface area contributed by atoms with E-state index in [2.05, 4.69) is 0 Å². The van der Waals surface area contributed by atoms with E-state index in [1.807, 2.05) is 0 Å². The third kappa shape index (κ3) is 151. The molecule has 0 atom stereocenters. The summed E-state index contributed by atoms with van der Waals surface area (Å²) < 4.78 is 0. The van der Waals surface area contributed by atoms with Crippen molar-refractivity contribution in [2.45, 2.75) is 86.0 Å². The number of carboxylic acids is 5. The summed E-state index contributed by atoms with van der Waals surface area (Å²) in [5.74, 6) is -4.93. The van der Waals surface area contributed by atoms with Crippen LogP contribution in [-0.2, 0) is 40.8 Å². The summed E-state index contributed by atoms with van der Waals surface area (Å²) in [6.07, 6.45) is 3.40. The van der Waals surface area contributed by atoms with Crippen molar-refractivity contribution in [2.24, 2.45) is 0 Å². The van der Waals surface area contributed by atoms with Crippen LogP contribution in [0.2, 0.25) is 0 Å². The second-order valence-electron chi connectivity index (χ2n) is 4.98. The Kier molecular flexibility index (Phi) is 52.3. The molecule has 0 rings (SSSR count). The van der Waals surface area contributed by atoms with Gasteiger partial charge in [-0.1, -0.05) is 53.4 Å². The van der Waals surface area contributed by atoms with Crippen LogP contribution in [0.5, 0.6) is 0 Å². The zero-order valence-corrected chi connectivity index (χ0v) is 18.6. The van der Waals surface area contributed by atoms with E-state index in [0.29, 0.717) is 25.7 Å². The van der Waals surface area contributed by atoms with Gasteiger partial charge in [0.15, 0.2) is 0 Å². The Morgan fingerprint density at radius 3 is 0.586 bits per heavy atom. The SMILES string of the molecule is CC(=O)[O-].CCCC(=O)[O-].CCCC(=O)[O-].CCCC(=O)[O-].CCCC(=O)[O-].[Co+5]. The summed E-state index contributed by atoms with van der Waals surface area (Å²) in [5.41, 5.74) is 0. The molecule has 172 valence electrons. The Hall–Kier alpha value is -2.14. The molecule has 0 bridgehead atoms. The topological polar surface area (TPSA) is 201 Å². The van der Waals surface area contributed by atoms with Gasteiger partial charge in [-0.2, -0.15) is 0 Å². The average molecular weight is 466 g/mol. The minimum atomic E-state index is -1.08. The first-order valence-electron chi connectivity index (χ1n) is 8.78. The van der Waals surface area contributed by atoms with Gasteiger partial charge in [-0.15, -0.1) is 0 Å². The molecule has 0 amide bonds. The first-order valence-corrected chi connectivity index (χ1v) is 8.78. The van der Waals surface area contributed by atoms with Crippen molar-refractivity contribution in [3.8, 4) is 0 Å². The Morgan fingerprint density at radius 2 is 0.586 bits per heavy atom. The van der Waals surface area contributed by atoms with Crippen LogP contribution >= 0.6 is 0 Å². The number of hydrogen-bond donors (Lipinski definition) is 0. The number of carbonyl (C=O) groups is 5. The normalized spacial score (nSPS) is 7.62. The summed E-state index contributed by atoms with van der Waals surface area (Å²) in [4.78, 5) is 46.8. The predicted molar refractivity (Wildman–Crippen MR) is 90.3 cm³/mol. The molecule has 0 fully saturated rings. The summed E-state index contributed by atoms with van der Waals surface area (Å²) in [6, 6.07) is 0. The van der Waals surface area contributed by atoms with Crippen LogP contribution in [0.15, 0.2) is 0 Å². The number of aliphatic carboxylic acids is 5. The largest absolute Gasteiger partial charge is 5.00 e. The van der Waals surface area contributed by atoms with Crippen molar-refractivity contribution in [3.05, 3.63) is 0 Å². The maximum Gasteiger partial charge on any atom is 5.00 e. The molecule has 0 aliphatic rings. The molecule has 0 aromatic rings. The first kappa shape index (κ1) is 41.3. The Labute approximate surface area is 182 Å². The minimum absolute atomic E-state index is 0. The number of carbonyl (C=O) groups excluding carboxylic acids is 5. The van der Waals surface area contributed by atoms with Crippen LogP contribution < -0.4 is 25.5 Å². The molecule has 10 nitrogen and oxygen atoms in total. The second-order valence-corrected chi connectivity index (χ2v) is 4.98. The van der Waals surface area contributed by atoms with Gasteiger partial charge in [0.05, 0.1) is 0 Å². The summed E-state index contributed by atoms with van der Waals surface area (Å²) >= 11 is 0. The molecular weight excluding hydrogens is 435 g/mol. The summed E-state index contributed by atoms with van der Waals surface area (Å²) in [5, 5.41) is 46.8. The van der Waals surface area contributed by atoms with E-state index in [1.54, 1.807) is 27.7 Å². The fourth-order valence-corrected chi connectivity index (χ4v) is 0.816. The zero-order valence-electron chi connectivity index (χ0n) is 17.6. The average Bonchev–Trinajstić information content (AvgIpc) is 2.47. The third-order valence-corrected chi connectivity index (χ3v) is 1.82. The minimum Gasteiger partial charge on any atom is -0.550 e. The molecule has 0 aliphatic heterocycles. The van der Waals surface area contributed by atoms with Gasteiger partial charge in [-0.3, -0.25) is 0 Å². The van der Waals surface area contributed by atoms with Crippen molar-refractivity contribution in [1.82, 2.24) is 0 Å². The van der Waals surface area contributed by atoms with Crippen molar-refractivity contribution < 1.29 is 66.3 Å². The molecule has 0 aliphatic carbocycles. The summed E-state index contributed by atoms with van der Waals surface area (Å²) in [7, 11) is 0. The van der Waals surface area contributed by atoms with Gasteiger partial charge in [0.1, 0.15) is 0 Å². The van der Waals surface area contributed by atoms with Gasteiger partial charge < -0.3 is 49.5 Å². The monoisotopic (exact) mass is 466 g/mol. The van der Waals surface area contributed by atoms with Crippen LogP contribution in [0.25, 0.3) is 0 Å². The van der Waals surface area contributed by atoms with Gasteiger partial charge >= 0.3 is 16.8 Å². The molecule has 11 heteroatoms. The first-order chi connectivity index (χ1) is 12.8. The molecule has 0 unspecified atom stereocenters. The quantitative estimate of drug-likeness (QED) is 0.353. The fourth-order valence-electron chi connectivity index (χ4n) is 0.816. The molecule has 0 saturated heterocycles. The molecule has 29 heavy (non-hydrogen) atoms. The smallest absolute Gasteiger partial charge is 0.550 e. The fraction of sp³-hybridized carbons (Fsp3) is 0.722. The van der Waals surface area contributed by atoms with E-state index in [9.17, 15) is 39.6 Å². The van der Waals surface area contributed by atoms with E-state index in [0.717, 1.165) is 6.92 Å². The van der Waals surface area contributed by atoms with Gasteiger partial charge in [0.25, 0.3) is 0 Å². The Morgan fingerprint density at radius 1 is 0.483 bits per heavy atom. The van der Waals surface area contributed by atoms with E-state index in [-0.39, 0.29) is 42.5 Å². The maximum atomic E-state index is 9.49. The number of hydrogen-bond acceptors (Lipinski definition) is 10. The van der Waals surface area contributed by atoms with Crippen molar-refractivity contribution in [3.63, 3.8) is 0 Å². The number of rotatable bonds is 8. The number of carboxylic acid groups (broad SMARTS) is 5. The van der Waals surface area contributed by atoms with Crippen LogP contribution in [-0.4, -0.2) is 29.8 Å². The Bertz CT molecular complexity index is 343. The van der Waals surface area contributed by atoms with Crippen LogP contribution in [0.1, 0.15) is 86.0 Å². The van der Waals surface area contributed by atoms with Crippen molar-refractivity contribution in [2.75, 3.05) is 0 Å². The molecule has 0 aromatic carbocycles. The molecule has 0 heterocycles. The molecule has 0 radical (unpaired) electrons. The van der Waals surface area contributed by atoms with Gasteiger partial charge in [0, 0.05) is 29.8 Å². The van der Waals surface area contributed by atoms with Crippen molar-refractivity contribution >= 4 is 29.8 Å².